The number of carboxylic acids is 1. The first-order valence-electron chi connectivity index (χ1n) is 9.63. The molecule has 1 aromatic heterocycles. The quantitative estimate of drug-likeness (QED) is 0.410. The van der Waals surface area contributed by atoms with Crippen molar-refractivity contribution in [2.75, 3.05) is 18.4 Å². The fourth-order valence-electron chi connectivity index (χ4n) is 3.09. The summed E-state index contributed by atoms with van der Waals surface area (Å²) in [5.74, 6) is -1.06. The third-order valence-electron chi connectivity index (χ3n) is 4.69. The van der Waals surface area contributed by atoms with E-state index in [1.165, 1.54) is 6.20 Å². The van der Waals surface area contributed by atoms with Crippen molar-refractivity contribution in [1.82, 2.24) is 10.3 Å². The van der Waals surface area contributed by atoms with Crippen LogP contribution in [0.4, 0.5) is 5.69 Å². The summed E-state index contributed by atoms with van der Waals surface area (Å²) in [5, 5.41) is 26.9. The van der Waals surface area contributed by atoms with Crippen LogP contribution in [-0.4, -0.2) is 40.3 Å². The third-order valence-corrected chi connectivity index (χ3v) is 4.92. The Bertz CT molecular complexity index is 1010. The number of carboxylic acid groups (broad SMARTS) is 1. The van der Waals surface area contributed by atoms with E-state index in [4.69, 9.17) is 11.6 Å². The normalized spacial score (nSPS) is 12.9. The Hall–Kier alpha value is -2.93. The van der Waals surface area contributed by atoms with Crippen LogP contribution in [0, 0.1) is 0 Å². The molecular weight excluding hydrogens is 402 g/mol. The van der Waals surface area contributed by atoms with Gasteiger partial charge in [0.25, 0.3) is 0 Å². The predicted molar refractivity (Wildman–Crippen MR) is 119 cm³/mol. The maximum atomic E-state index is 11.4. The van der Waals surface area contributed by atoms with E-state index in [9.17, 15) is 15.0 Å². The molecule has 0 saturated carbocycles. The number of aromatic nitrogens is 1. The van der Waals surface area contributed by atoms with E-state index in [2.05, 4.69) is 15.6 Å². The summed E-state index contributed by atoms with van der Waals surface area (Å²) in [6.45, 7) is 3.05. The number of aliphatic hydroxyl groups excluding tert-OH is 1. The van der Waals surface area contributed by atoms with Crippen molar-refractivity contribution in [2.45, 2.75) is 19.1 Å². The monoisotopic (exact) mass is 425 g/mol. The first-order chi connectivity index (χ1) is 14.4. The minimum Gasteiger partial charge on any atom is -0.476 e. The number of aromatic carboxylic acids is 1. The van der Waals surface area contributed by atoms with E-state index < -0.39 is 12.1 Å². The van der Waals surface area contributed by atoms with Crippen LogP contribution in [0.1, 0.15) is 29.1 Å². The highest BCUT2D eigenvalue weighted by Gasteiger charge is 2.13. The third kappa shape index (κ3) is 5.79. The first kappa shape index (κ1) is 21.8. The van der Waals surface area contributed by atoms with Crippen molar-refractivity contribution in [1.29, 1.82) is 0 Å². The van der Waals surface area contributed by atoms with Crippen LogP contribution in [0.25, 0.3) is 11.1 Å². The summed E-state index contributed by atoms with van der Waals surface area (Å²) >= 11 is 5.98. The van der Waals surface area contributed by atoms with Crippen molar-refractivity contribution in [3.63, 3.8) is 0 Å². The van der Waals surface area contributed by atoms with Gasteiger partial charge in [-0.3, -0.25) is 0 Å². The largest absolute Gasteiger partial charge is 0.476 e. The highest BCUT2D eigenvalue weighted by Crippen LogP contribution is 2.25. The lowest BCUT2D eigenvalue weighted by Gasteiger charge is -2.19. The molecule has 0 aliphatic carbocycles. The molecule has 7 heteroatoms. The predicted octanol–water partition coefficient (Wildman–Crippen LogP) is 4.22. The molecule has 0 amide bonds. The van der Waals surface area contributed by atoms with Gasteiger partial charge in [0.1, 0.15) is 0 Å². The fourth-order valence-corrected chi connectivity index (χ4v) is 3.29. The number of carbonyl (C=O) groups is 1. The van der Waals surface area contributed by atoms with Gasteiger partial charge in [-0.25, -0.2) is 9.78 Å². The summed E-state index contributed by atoms with van der Waals surface area (Å²) in [4.78, 5) is 15.4. The average Bonchev–Trinajstić information content (AvgIpc) is 2.76. The van der Waals surface area contributed by atoms with Gasteiger partial charge in [-0.1, -0.05) is 41.9 Å². The molecule has 3 aromatic rings. The molecule has 4 N–H and O–H groups in total. The number of aliphatic hydroxyl groups is 1. The molecule has 1 heterocycles. The van der Waals surface area contributed by atoms with Crippen LogP contribution in [0.5, 0.6) is 0 Å². The molecule has 2 aromatic carbocycles. The van der Waals surface area contributed by atoms with Crippen LogP contribution >= 0.6 is 11.6 Å². The van der Waals surface area contributed by atoms with E-state index in [0.29, 0.717) is 23.7 Å². The lowest BCUT2D eigenvalue weighted by molar-refractivity contribution is 0.0691. The number of anilines is 1. The summed E-state index contributed by atoms with van der Waals surface area (Å²) < 4.78 is 0. The Kier molecular flexibility index (Phi) is 7.41. The van der Waals surface area contributed by atoms with Gasteiger partial charge >= 0.3 is 5.97 Å². The van der Waals surface area contributed by atoms with Crippen molar-refractivity contribution >= 4 is 23.3 Å². The van der Waals surface area contributed by atoms with Crippen LogP contribution in [0.3, 0.4) is 0 Å². The van der Waals surface area contributed by atoms with Gasteiger partial charge < -0.3 is 20.8 Å². The van der Waals surface area contributed by atoms with E-state index in [1.54, 1.807) is 24.3 Å². The van der Waals surface area contributed by atoms with Gasteiger partial charge in [0, 0.05) is 41.6 Å². The minimum absolute atomic E-state index is 0.0275. The van der Waals surface area contributed by atoms with Gasteiger partial charge in [-0.15, -0.1) is 0 Å². The Morgan fingerprint density at radius 1 is 1.10 bits per heavy atom. The molecule has 2 unspecified atom stereocenters. The average molecular weight is 426 g/mol. The smallest absolute Gasteiger partial charge is 0.355 e. The number of hydrogen-bond donors (Lipinski definition) is 4. The molecule has 0 spiro atoms. The van der Waals surface area contributed by atoms with Crippen molar-refractivity contribution in [2.24, 2.45) is 0 Å². The number of benzene rings is 2. The molecule has 156 valence electrons. The summed E-state index contributed by atoms with van der Waals surface area (Å²) in [6.07, 6.45) is 0.828. The molecule has 0 fully saturated rings. The molecule has 30 heavy (non-hydrogen) atoms. The fraction of sp³-hybridized carbons (Fsp3) is 0.217. The van der Waals surface area contributed by atoms with Crippen molar-refractivity contribution in [3.05, 3.63) is 83.1 Å². The Labute approximate surface area is 180 Å². The van der Waals surface area contributed by atoms with Crippen LogP contribution in [0.15, 0.2) is 66.9 Å². The molecular formula is C23H24ClN3O3. The molecule has 0 saturated heterocycles. The summed E-state index contributed by atoms with van der Waals surface area (Å²) in [7, 11) is 0. The van der Waals surface area contributed by atoms with E-state index >= 15 is 0 Å². The number of nitrogens with one attached hydrogen (secondary N) is 2. The number of rotatable bonds is 9. The molecule has 0 aliphatic heterocycles. The van der Waals surface area contributed by atoms with Crippen molar-refractivity contribution in [3.8, 4) is 11.1 Å². The lowest BCUT2D eigenvalue weighted by Crippen LogP contribution is -2.35. The van der Waals surface area contributed by atoms with Crippen LogP contribution in [-0.2, 0) is 0 Å². The van der Waals surface area contributed by atoms with Crippen LogP contribution in [0.2, 0.25) is 5.02 Å². The van der Waals surface area contributed by atoms with E-state index in [-0.39, 0.29) is 11.7 Å². The van der Waals surface area contributed by atoms with Gasteiger partial charge in [-0.2, -0.15) is 0 Å². The zero-order valence-electron chi connectivity index (χ0n) is 16.5. The Balaban J connectivity index is 1.57. The van der Waals surface area contributed by atoms with Crippen LogP contribution < -0.4 is 10.6 Å². The number of halogens is 1. The number of hydrogen-bond acceptors (Lipinski definition) is 5. The second-order valence-electron chi connectivity index (χ2n) is 7.05. The van der Waals surface area contributed by atoms with Gasteiger partial charge in [-0.05, 0) is 48.4 Å². The zero-order chi connectivity index (χ0) is 21.5. The standard InChI is InChI=1S/C23H24ClN3O3/c1-15(26-14-21(28)17-6-2-7-18(24)11-17)13-27-19-8-3-5-16(12-19)20-9-4-10-25-22(20)23(29)30/h2-12,15,21,26-28H,13-14H2,1H3,(H,29,30). The molecule has 0 aliphatic rings. The van der Waals surface area contributed by atoms with E-state index in [0.717, 1.165) is 16.8 Å². The zero-order valence-corrected chi connectivity index (χ0v) is 17.3. The van der Waals surface area contributed by atoms with E-state index in [1.807, 2.05) is 43.3 Å². The second-order valence-corrected chi connectivity index (χ2v) is 7.48. The molecule has 0 radical (unpaired) electrons. The highest BCUT2D eigenvalue weighted by atomic mass is 35.5. The first-order valence-corrected chi connectivity index (χ1v) is 10.0. The van der Waals surface area contributed by atoms with Gasteiger partial charge in [0.2, 0.25) is 0 Å². The Morgan fingerprint density at radius 2 is 1.90 bits per heavy atom. The SMILES string of the molecule is CC(CNc1cccc(-c2cccnc2C(=O)O)c1)NCC(O)c1cccc(Cl)c1. The van der Waals surface area contributed by atoms with Gasteiger partial charge in [0.05, 0.1) is 6.10 Å². The minimum atomic E-state index is -1.06. The maximum absolute atomic E-state index is 11.4. The maximum Gasteiger partial charge on any atom is 0.355 e. The van der Waals surface area contributed by atoms with Gasteiger partial charge in [0.15, 0.2) is 5.69 Å². The molecule has 6 nitrogen and oxygen atoms in total. The topological polar surface area (TPSA) is 94.5 Å². The summed E-state index contributed by atoms with van der Waals surface area (Å²) in [5.41, 5.74) is 3.02. The number of pyridine rings is 1. The summed E-state index contributed by atoms with van der Waals surface area (Å²) in [6, 6.07) is 18.3. The highest BCUT2D eigenvalue weighted by molar-refractivity contribution is 6.30. The second kappa shape index (κ2) is 10.2. The lowest BCUT2D eigenvalue weighted by atomic mass is 10.0. The Morgan fingerprint density at radius 3 is 2.67 bits per heavy atom. The van der Waals surface area contributed by atoms with Crippen molar-refractivity contribution < 1.29 is 15.0 Å². The molecule has 2 atom stereocenters. The number of nitrogens with zero attached hydrogens (tertiary/aromatic N) is 1. The molecule has 0 bridgehead atoms. The molecule has 3 rings (SSSR count).